The number of rotatable bonds is 3. The lowest BCUT2D eigenvalue weighted by molar-refractivity contribution is 0.704. The molecule has 0 fully saturated rings. The first-order chi connectivity index (χ1) is 8.24. The summed E-state index contributed by atoms with van der Waals surface area (Å²) in [5.41, 5.74) is 0.660. The van der Waals surface area contributed by atoms with Gasteiger partial charge in [0, 0.05) is 5.56 Å². The Kier molecular flexibility index (Phi) is 3.43. The van der Waals surface area contributed by atoms with Crippen LogP contribution in [0.4, 0.5) is 0 Å². The van der Waals surface area contributed by atoms with Crippen molar-refractivity contribution in [1.82, 2.24) is 14.9 Å². The summed E-state index contributed by atoms with van der Waals surface area (Å²) in [5.74, 6) is 6.48. The van der Waals surface area contributed by atoms with Crippen molar-refractivity contribution in [2.75, 3.05) is 11.6 Å². The van der Waals surface area contributed by atoms with Crippen LogP contribution >= 0.6 is 11.8 Å². The minimum Gasteiger partial charge on any atom is -0.334 e. The second kappa shape index (κ2) is 5.01. The molecule has 0 aliphatic rings. The van der Waals surface area contributed by atoms with Crippen LogP contribution in [-0.2, 0) is 0 Å². The van der Waals surface area contributed by atoms with Gasteiger partial charge in [0.2, 0.25) is 5.16 Å². The van der Waals surface area contributed by atoms with Crippen molar-refractivity contribution >= 4 is 11.8 Å². The second-order valence-corrected chi connectivity index (χ2v) is 4.54. The van der Waals surface area contributed by atoms with E-state index in [2.05, 4.69) is 10.2 Å². The van der Waals surface area contributed by atoms with Crippen LogP contribution in [0.25, 0.3) is 11.3 Å². The molecule has 17 heavy (non-hydrogen) atoms. The first-order valence-electron chi connectivity index (χ1n) is 5.17. The van der Waals surface area contributed by atoms with Crippen molar-refractivity contribution in [1.29, 1.82) is 0 Å². The fourth-order valence-corrected chi connectivity index (χ4v) is 1.97. The molecule has 1 heterocycles. The van der Waals surface area contributed by atoms with Crippen molar-refractivity contribution in [2.45, 2.75) is 12.1 Å². The van der Waals surface area contributed by atoms with E-state index in [4.69, 9.17) is 5.84 Å². The molecule has 2 aromatic rings. The van der Waals surface area contributed by atoms with Crippen molar-refractivity contribution in [3.05, 3.63) is 40.7 Å². The Morgan fingerprint density at radius 2 is 2.00 bits per heavy atom. The van der Waals surface area contributed by atoms with E-state index >= 15 is 0 Å². The lowest BCUT2D eigenvalue weighted by Crippen LogP contribution is -2.32. The topological polar surface area (TPSA) is 73.8 Å². The number of hydrogen-bond donors (Lipinski definition) is 1. The van der Waals surface area contributed by atoms with Gasteiger partial charge < -0.3 is 5.84 Å². The fourth-order valence-electron chi connectivity index (χ4n) is 1.39. The largest absolute Gasteiger partial charge is 0.334 e. The molecule has 5 nitrogen and oxygen atoms in total. The first-order valence-corrected chi connectivity index (χ1v) is 6.15. The van der Waals surface area contributed by atoms with E-state index in [0.717, 1.165) is 16.0 Å². The smallest absolute Gasteiger partial charge is 0.299 e. The van der Waals surface area contributed by atoms with Gasteiger partial charge in [0.25, 0.3) is 5.56 Å². The number of aromatic nitrogens is 3. The van der Waals surface area contributed by atoms with Gasteiger partial charge in [-0.2, -0.15) is 4.68 Å². The molecule has 88 valence electrons. The van der Waals surface area contributed by atoms with Crippen LogP contribution in [0.1, 0.15) is 6.92 Å². The standard InChI is InChI=1S/C11H12N4OS/c1-2-17-11-14-13-9(10(16)15(11)12)8-6-4-3-5-7-8/h3-7H,2,12H2,1H3. The molecule has 0 saturated carbocycles. The quantitative estimate of drug-likeness (QED) is 0.651. The Morgan fingerprint density at radius 3 is 2.65 bits per heavy atom. The highest BCUT2D eigenvalue weighted by atomic mass is 32.2. The average Bonchev–Trinajstić information content (AvgIpc) is 2.36. The SMILES string of the molecule is CCSc1nnc(-c2ccccc2)c(=O)n1N. The Hall–Kier alpha value is -1.82. The molecular formula is C11H12N4OS. The van der Waals surface area contributed by atoms with E-state index in [1.165, 1.54) is 11.8 Å². The molecule has 0 aliphatic heterocycles. The molecule has 0 bridgehead atoms. The summed E-state index contributed by atoms with van der Waals surface area (Å²) >= 11 is 1.38. The second-order valence-electron chi connectivity index (χ2n) is 3.31. The molecule has 0 saturated heterocycles. The minimum absolute atomic E-state index is 0.272. The number of nitrogens with two attached hydrogens (primary N) is 1. The predicted octanol–water partition coefficient (Wildman–Crippen LogP) is 1.13. The Balaban J connectivity index is 2.52. The van der Waals surface area contributed by atoms with Gasteiger partial charge in [0.1, 0.15) is 0 Å². The number of benzene rings is 1. The predicted molar refractivity (Wildman–Crippen MR) is 68.3 cm³/mol. The van der Waals surface area contributed by atoms with Crippen LogP contribution in [0.15, 0.2) is 40.3 Å². The van der Waals surface area contributed by atoms with Gasteiger partial charge in [0.05, 0.1) is 0 Å². The maximum Gasteiger partial charge on any atom is 0.299 e. The summed E-state index contributed by atoms with van der Waals surface area (Å²) in [6.45, 7) is 1.96. The van der Waals surface area contributed by atoms with Gasteiger partial charge in [-0.1, -0.05) is 49.0 Å². The van der Waals surface area contributed by atoms with Crippen LogP contribution < -0.4 is 11.4 Å². The lowest BCUT2D eigenvalue weighted by Gasteiger charge is -2.06. The summed E-state index contributed by atoms with van der Waals surface area (Å²) in [6, 6.07) is 9.16. The highest BCUT2D eigenvalue weighted by Crippen LogP contribution is 2.14. The van der Waals surface area contributed by atoms with Gasteiger partial charge in [-0.15, -0.1) is 10.2 Å². The van der Waals surface area contributed by atoms with E-state index in [1.54, 1.807) is 12.1 Å². The van der Waals surface area contributed by atoms with E-state index in [1.807, 2.05) is 25.1 Å². The monoisotopic (exact) mass is 248 g/mol. The van der Waals surface area contributed by atoms with Crippen LogP contribution in [-0.4, -0.2) is 20.6 Å². The van der Waals surface area contributed by atoms with E-state index in [9.17, 15) is 4.79 Å². The molecule has 0 aliphatic carbocycles. The molecule has 2 N–H and O–H groups in total. The fraction of sp³-hybridized carbons (Fsp3) is 0.182. The third-order valence-corrected chi connectivity index (χ3v) is 3.01. The number of thioether (sulfide) groups is 1. The molecular weight excluding hydrogens is 236 g/mol. The normalized spacial score (nSPS) is 10.4. The van der Waals surface area contributed by atoms with Gasteiger partial charge in [-0.3, -0.25) is 4.79 Å². The van der Waals surface area contributed by atoms with Crippen LogP contribution in [0, 0.1) is 0 Å². The molecule has 0 unspecified atom stereocenters. The number of hydrogen-bond acceptors (Lipinski definition) is 5. The third-order valence-electron chi connectivity index (χ3n) is 2.18. The molecule has 0 spiro atoms. The van der Waals surface area contributed by atoms with E-state index in [-0.39, 0.29) is 11.3 Å². The van der Waals surface area contributed by atoms with Gasteiger partial charge >= 0.3 is 0 Å². The molecule has 2 rings (SSSR count). The molecule has 0 atom stereocenters. The summed E-state index contributed by atoms with van der Waals surface area (Å²) in [7, 11) is 0. The third kappa shape index (κ3) is 2.31. The molecule has 1 aromatic carbocycles. The number of nitrogens with zero attached hydrogens (tertiary/aromatic N) is 3. The van der Waals surface area contributed by atoms with E-state index < -0.39 is 0 Å². The molecule has 0 radical (unpaired) electrons. The average molecular weight is 248 g/mol. The summed E-state index contributed by atoms with van der Waals surface area (Å²) in [4.78, 5) is 12.0. The molecule has 6 heteroatoms. The Labute approximate surface area is 103 Å². The van der Waals surface area contributed by atoms with E-state index in [0.29, 0.717) is 5.16 Å². The highest BCUT2D eigenvalue weighted by molar-refractivity contribution is 7.99. The molecule has 1 aromatic heterocycles. The van der Waals surface area contributed by atoms with Crippen molar-refractivity contribution < 1.29 is 0 Å². The first kappa shape index (κ1) is 11.7. The van der Waals surface area contributed by atoms with Crippen molar-refractivity contribution in [3.8, 4) is 11.3 Å². The van der Waals surface area contributed by atoms with Crippen molar-refractivity contribution in [2.24, 2.45) is 0 Å². The number of nitrogen functional groups attached to an aromatic ring is 1. The van der Waals surface area contributed by atoms with Crippen LogP contribution in [0.2, 0.25) is 0 Å². The van der Waals surface area contributed by atoms with Crippen LogP contribution in [0.5, 0.6) is 0 Å². The van der Waals surface area contributed by atoms with Gasteiger partial charge in [0.15, 0.2) is 5.69 Å². The van der Waals surface area contributed by atoms with Crippen LogP contribution in [0.3, 0.4) is 0 Å². The zero-order valence-electron chi connectivity index (χ0n) is 9.33. The zero-order valence-corrected chi connectivity index (χ0v) is 10.1. The lowest BCUT2D eigenvalue weighted by atomic mass is 10.2. The highest BCUT2D eigenvalue weighted by Gasteiger charge is 2.11. The molecule has 0 amide bonds. The maximum absolute atomic E-state index is 12.0. The zero-order chi connectivity index (χ0) is 12.3. The summed E-state index contributed by atoms with van der Waals surface area (Å²) in [5, 5.41) is 8.33. The summed E-state index contributed by atoms with van der Waals surface area (Å²) in [6.07, 6.45) is 0. The minimum atomic E-state index is -0.331. The van der Waals surface area contributed by atoms with Crippen molar-refractivity contribution in [3.63, 3.8) is 0 Å². The Bertz CT molecular complexity index is 567. The maximum atomic E-state index is 12.0. The Morgan fingerprint density at radius 1 is 1.29 bits per heavy atom. The van der Waals surface area contributed by atoms with Gasteiger partial charge in [-0.05, 0) is 5.75 Å². The van der Waals surface area contributed by atoms with Gasteiger partial charge in [-0.25, -0.2) is 0 Å². The summed E-state index contributed by atoms with van der Waals surface area (Å²) < 4.78 is 1.05.